The number of halogens is 2. The molecule has 34 heavy (non-hydrogen) atoms. The second-order valence-electron chi connectivity index (χ2n) is 7.51. The molecule has 0 bridgehead atoms. The maximum atomic E-state index is 13.7. The van der Waals surface area contributed by atoms with Crippen LogP contribution in [0.4, 0.5) is 5.69 Å². The van der Waals surface area contributed by atoms with Crippen molar-refractivity contribution >= 4 is 64.0 Å². The van der Waals surface area contributed by atoms with Gasteiger partial charge in [-0.15, -0.1) is 0 Å². The summed E-state index contributed by atoms with van der Waals surface area (Å²) in [4.78, 5) is 30.4. The summed E-state index contributed by atoms with van der Waals surface area (Å²) in [5, 5.41) is 11.7. The van der Waals surface area contributed by atoms with Crippen molar-refractivity contribution < 1.29 is 14.7 Å². The summed E-state index contributed by atoms with van der Waals surface area (Å²) in [7, 11) is 0. The van der Waals surface area contributed by atoms with Crippen molar-refractivity contribution in [3.05, 3.63) is 105 Å². The number of benzene rings is 4. The fourth-order valence-corrected chi connectivity index (χ4v) is 5.95. The number of hydrogen-bond donors (Lipinski definition) is 2. The normalized spacial score (nSPS) is 12.4. The Hall–Kier alpha value is -2.90. The van der Waals surface area contributed by atoms with Gasteiger partial charge in [0.15, 0.2) is 11.6 Å². The molecule has 0 unspecified atom stereocenters. The number of nitrogen functional groups attached to an aromatic ring is 1. The van der Waals surface area contributed by atoms with Gasteiger partial charge < -0.3 is 10.8 Å². The lowest BCUT2D eigenvalue weighted by atomic mass is 9.82. The first-order chi connectivity index (χ1) is 16.3. The SMILES string of the molecule is Nc1ccc(O)c2c1C(=O)c1c(Sc3ccc(Cl)cc3)ccc(Sc3ccc(Cl)cc3)c1C2=O. The first-order valence-electron chi connectivity index (χ1n) is 10.1. The van der Waals surface area contributed by atoms with Gasteiger partial charge in [0.1, 0.15) is 5.75 Å². The number of nitrogens with two attached hydrogens (primary N) is 1. The molecule has 8 heteroatoms. The van der Waals surface area contributed by atoms with Crippen LogP contribution in [0.2, 0.25) is 10.0 Å². The van der Waals surface area contributed by atoms with E-state index in [9.17, 15) is 14.7 Å². The molecule has 0 amide bonds. The molecule has 0 aromatic heterocycles. The number of phenolic OH excluding ortho intramolecular Hbond substituents is 1. The molecule has 3 N–H and O–H groups in total. The molecule has 4 aromatic carbocycles. The Morgan fingerprint density at radius 3 is 1.50 bits per heavy atom. The van der Waals surface area contributed by atoms with Gasteiger partial charge in [-0.2, -0.15) is 0 Å². The minimum absolute atomic E-state index is 0.0316. The third-order valence-electron chi connectivity index (χ3n) is 5.34. The van der Waals surface area contributed by atoms with Gasteiger partial charge >= 0.3 is 0 Å². The Labute approximate surface area is 214 Å². The molecule has 0 saturated carbocycles. The van der Waals surface area contributed by atoms with Gasteiger partial charge in [0.2, 0.25) is 0 Å². The number of carbonyl (C=O) groups is 2. The lowest BCUT2D eigenvalue weighted by Crippen LogP contribution is -2.24. The highest BCUT2D eigenvalue weighted by molar-refractivity contribution is 8.00. The Morgan fingerprint density at radius 1 is 0.588 bits per heavy atom. The predicted molar refractivity (Wildman–Crippen MR) is 137 cm³/mol. The third-order valence-corrected chi connectivity index (χ3v) is 7.98. The number of rotatable bonds is 4. The highest BCUT2D eigenvalue weighted by Crippen LogP contribution is 2.45. The van der Waals surface area contributed by atoms with Crippen molar-refractivity contribution in [3.63, 3.8) is 0 Å². The lowest BCUT2D eigenvalue weighted by Gasteiger charge is -2.24. The fraction of sp³-hybridized carbons (Fsp3) is 0. The topological polar surface area (TPSA) is 80.4 Å². The molecule has 0 saturated heterocycles. The molecule has 4 nitrogen and oxygen atoms in total. The molecular weight excluding hydrogens is 509 g/mol. The summed E-state index contributed by atoms with van der Waals surface area (Å²) in [6.45, 7) is 0. The van der Waals surface area contributed by atoms with Crippen LogP contribution in [0.3, 0.4) is 0 Å². The third kappa shape index (κ3) is 4.07. The molecule has 0 aliphatic heterocycles. The molecule has 4 aromatic rings. The monoisotopic (exact) mass is 523 g/mol. The minimum Gasteiger partial charge on any atom is -0.507 e. The molecule has 168 valence electrons. The quantitative estimate of drug-likeness (QED) is 0.189. The number of anilines is 1. The number of aromatic hydroxyl groups is 1. The molecule has 0 heterocycles. The number of fused-ring (bicyclic) bond motifs is 2. The van der Waals surface area contributed by atoms with E-state index in [4.69, 9.17) is 28.9 Å². The molecular formula is C26H15Cl2NO3S2. The summed E-state index contributed by atoms with van der Waals surface area (Å²) in [6.07, 6.45) is 0. The lowest BCUT2D eigenvalue weighted by molar-refractivity contribution is 0.0973. The van der Waals surface area contributed by atoms with E-state index in [1.165, 1.54) is 35.7 Å². The van der Waals surface area contributed by atoms with Gasteiger partial charge in [-0.05, 0) is 72.8 Å². The van der Waals surface area contributed by atoms with Gasteiger partial charge in [-0.3, -0.25) is 9.59 Å². The summed E-state index contributed by atoms with van der Waals surface area (Å²) < 4.78 is 0. The average Bonchev–Trinajstić information content (AvgIpc) is 2.82. The zero-order chi connectivity index (χ0) is 24.0. The average molecular weight is 524 g/mol. The fourth-order valence-electron chi connectivity index (χ4n) is 3.78. The molecule has 1 aliphatic rings. The number of phenols is 1. The van der Waals surface area contributed by atoms with Crippen molar-refractivity contribution in [2.45, 2.75) is 19.6 Å². The van der Waals surface area contributed by atoms with Crippen LogP contribution in [-0.4, -0.2) is 16.7 Å². The van der Waals surface area contributed by atoms with E-state index in [1.54, 1.807) is 24.3 Å². The number of hydrogen-bond acceptors (Lipinski definition) is 6. The van der Waals surface area contributed by atoms with Gasteiger partial charge in [0.25, 0.3) is 0 Å². The van der Waals surface area contributed by atoms with Gasteiger partial charge in [0, 0.05) is 46.4 Å². The first-order valence-corrected chi connectivity index (χ1v) is 12.5. The zero-order valence-corrected chi connectivity index (χ0v) is 20.5. The molecule has 0 fully saturated rings. The maximum Gasteiger partial charge on any atom is 0.199 e. The van der Waals surface area contributed by atoms with Gasteiger partial charge in [0.05, 0.1) is 11.1 Å². The van der Waals surface area contributed by atoms with Crippen LogP contribution >= 0.6 is 46.7 Å². The highest BCUT2D eigenvalue weighted by Gasteiger charge is 2.37. The van der Waals surface area contributed by atoms with Crippen molar-refractivity contribution in [1.29, 1.82) is 0 Å². The van der Waals surface area contributed by atoms with Crippen LogP contribution in [0.1, 0.15) is 31.8 Å². The summed E-state index contributed by atoms with van der Waals surface area (Å²) in [6, 6.07) is 20.8. The Morgan fingerprint density at radius 2 is 1.03 bits per heavy atom. The van der Waals surface area contributed by atoms with Crippen LogP contribution < -0.4 is 5.73 Å². The van der Waals surface area contributed by atoms with E-state index in [0.717, 1.165) is 9.79 Å². The maximum absolute atomic E-state index is 13.7. The minimum atomic E-state index is -0.440. The molecule has 1 aliphatic carbocycles. The number of ketones is 2. The molecule has 0 spiro atoms. The smallest absolute Gasteiger partial charge is 0.199 e. The zero-order valence-electron chi connectivity index (χ0n) is 17.3. The van der Waals surface area contributed by atoms with E-state index in [0.29, 0.717) is 19.8 Å². The van der Waals surface area contributed by atoms with E-state index in [1.807, 2.05) is 36.4 Å². The predicted octanol–water partition coefficient (Wildman–Crippen LogP) is 7.36. The van der Waals surface area contributed by atoms with Gasteiger partial charge in [-0.1, -0.05) is 46.7 Å². The summed E-state index contributed by atoms with van der Waals surface area (Å²) >= 11 is 14.7. The van der Waals surface area contributed by atoms with Crippen molar-refractivity contribution in [2.24, 2.45) is 0 Å². The molecule has 5 rings (SSSR count). The summed E-state index contributed by atoms with van der Waals surface area (Å²) in [5.41, 5.74) is 6.73. The first kappa shape index (κ1) is 22.9. The van der Waals surface area contributed by atoms with Crippen LogP contribution in [0, 0.1) is 0 Å². The van der Waals surface area contributed by atoms with E-state index < -0.39 is 11.6 Å². The Bertz CT molecular complexity index is 1360. The van der Waals surface area contributed by atoms with Crippen LogP contribution in [0.25, 0.3) is 0 Å². The largest absolute Gasteiger partial charge is 0.507 e. The molecule has 0 atom stereocenters. The van der Waals surface area contributed by atoms with Crippen LogP contribution in [0.5, 0.6) is 5.75 Å². The second-order valence-corrected chi connectivity index (χ2v) is 10.6. The Kier molecular flexibility index (Phi) is 6.08. The van der Waals surface area contributed by atoms with E-state index in [2.05, 4.69) is 0 Å². The van der Waals surface area contributed by atoms with Gasteiger partial charge in [-0.25, -0.2) is 0 Å². The van der Waals surface area contributed by atoms with Crippen molar-refractivity contribution in [2.75, 3.05) is 5.73 Å². The van der Waals surface area contributed by atoms with E-state index in [-0.39, 0.29) is 33.7 Å². The van der Waals surface area contributed by atoms with Crippen LogP contribution in [0.15, 0.2) is 92.4 Å². The van der Waals surface area contributed by atoms with E-state index >= 15 is 0 Å². The Balaban J connectivity index is 1.70. The number of carbonyl (C=O) groups excluding carboxylic acids is 2. The van der Waals surface area contributed by atoms with Crippen molar-refractivity contribution in [1.82, 2.24) is 0 Å². The highest BCUT2D eigenvalue weighted by atomic mass is 35.5. The van der Waals surface area contributed by atoms with Crippen molar-refractivity contribution in [3.8, 4) is 5.75 Å². The standard InChI is InChI=1S/C26H15Cl2NO3S2/c27-13-1-5-15(6-2-13)33-19-11-12-20(34-16-7-3-14(28)4-8-16)24-23(19)25(31)21-17(29)9-10-18(30)22(21)26(24)32/h1-12,30H,29H2. The second kappa shape index (κ2) is 9.04. The molecule has 0 radical (unpaired) electrons. The summed E-state index contributed by atoms with van der Waals surface area (Å²) in [5.74, 6) is -1.11. The van der Waals surface area contributed by atoms with Crippen LogP contribution in [-0.2, 0) is 0 Å².